The predicted octanol–water partition coefficient (Wildman–Crippen LogP) is 6.60. The Labute approximate surface area is 199 Å². The van der Waals surface area contributed by atoms with Gasteiger partial charge in [0.05, 0.1) is 5.57 Å². The summed E-state index contributed by atoms with van der Waals surface area (Å²) in [5.41, 5.74) is 5.16. The Morgan fingerprint density at radius 2 is 1.70 bits per heavy atom. The van der Waals surface area contributed by atoms with Gasteiger partial charge < -0.3 is 5.11 Å². The third kappa shape index (κ3) is 3.91. The van der Waals surface area contributed by atoms with Gasteiger partial charge in [0.2, 0.25) is 0 Å². The topological polar surface area (TPSA) is 57.6 Å². The number of thiophene rings is 1. The number of aryl methyl sites for hydroxylation is 2. The highest BCUT2D eigenvalue weighted by Gasteiger charge is 2.48. The zero-order chi connectivity index (χ0) is 24.1. The number of nitrogens with zero attached hydrogens (tertiary/aromatic N) is 1. The number of anilines is 1. The molecule has 2 aromatic carbocycles. The summed E-state index contributed by atoms with van der Waals surface area (Å²) >= 11 is 1.47. The van der Waals surface area contributed by atoms with Crippen molar-refractivity contribution < 1.29 is 14.7 Å². The van der Waals surface area contributed by atoms with E-state index in [1.165, 1.54) is 11.3 Å². The van der Waals surface area contributed by atoms with Crippen molar-refractivity contribution in [1.82, 2.24) is 0 Å². The molecule has 0 bridgehead atoms. The molecule has 33 heavy (non-hydrogen) atoms. The summed E-state index contributed by atoms with van der Waals surface area (Å²) in [4.78, 5) is 29.1. The molecule has 1 N–H and O–H groups in total. The van der Waals surface area contributed by atoms with E-state index < -0.39 is 17.7 Å². The van der Waals surface area contributed by atoms with Gasteiger partial charge in [-0.1, -0.05) is 51.1 Å². The van der Waals surface area contributed by atoms with Crippen LogP contribution in [0.3, 0.4) is 0 Å². The van der Waals surface area contributed by atoms with Crippen molar-refractivity contribution in [3.05, 3.63) is 92.2 Å². The van der Waals surface area contributed by atoms with Crippen LogP contribution in [0.4, 0.5) is 5.69 Å². The van der Waals surface area contributed by atoms with Crippen molar-refractivity contribution in [1.29, 1.82) is 0 Å². The molecule has 1 saturated heterocycles. The SMILES string of the molecule is Cc1ccc(C(C)(C)C)cc1/C(O)=C1\C(=O)C(=O)N(c2cccc(C)c2C)C1c1cccs1. The van der Waals surface area contributed by atoms with E-state index in [9.17, 15) is 14.7 Å². The number of benzene rings is 2. The number of carbonyl (C=O) groups is 2. The van der Waals surface area contributed by atoms with Gasteiger partial charge in [0.25, 0.3) is 11.7 Å². The first-order valence-corrected chi connectivity index (χ1v) is 11.9. The molecule has 3 aromatic rings. The second kappa shape index (κ2) is 8.31. The Morgan fingerprint density at radius 3 is 2.33 bits per heavy atom. The summed E-state index contributed by atoms with van der Waals surface area (Å²) in [6.45, 7) is 12.2. The van der Waals surface area contributed by atoms with Gasteiger partial charge in [-0.15, -0.1) is 11.3 Å². The first kappa shape index (κ1) is 23.0. The van der Waals surface area contributed by atoms with Gasteiger partial charge in [0, 0.05) is 16.1 Å². The first-order chi connectivity index (χ1) is 15.5. The molecule has 1 unspecified atom stereocenters. The lowest BCUT2D eigenvalue weighted by Crippen LogP contribution is -2.29. The van der Waals surface area contributed by atoms with Crippen molar-refractivity contribution in [3.8, 4) is 0 Å². The average molecular weight is 460 g/mol. The molecule has 0 saturated carbocycles. The fraction of sp³-hybridized carbons (Fsp3) is 0.286. The second-order valence-corrected chi connectivity index (χ2v) is 10.7. The van der Waals surface area contributed by atoms with Crippen LogP contribution < -0.4 is 4.90 Å². The van der Waals surface area contributed by atoms with E-state index in [4.69, 9.17) is 0 Å². The zero-order valence-corrected chi connectivity index (χ0v) is 20.7. The monoisotopic (exact) mass is 459 g/mol. The van der Waals surface area contributed by atoms with Crippen molar-refractivity contribution in [2.24, 2.45) is 0 Å². The fourth-order valence-electron chi connectivity index (χ4n) is 4.28. The van der Waals surface area contributed by atoms with E-state index >= 15 is 0 Å². The third-order valence-electron chi connectivity index (χ3n) is 6.45. The van der Waals surface area contributed by atoms with Crippen LogP contribution in [0.2, 0.25) is 0 Å². The zero-order valence-electron chi connectivity index (χ0n) is 19.9. The molecule has 5 heteroatoms. The molecule has 1 aliphatic heterocycles. The lowest BCUT2D eigenvalue weighted by molar-refractivity contribution is -0.132. The van der Waals surface area contributed by atoms with Crippen LogP contribution in [0.1, 0.15) is 59.5 Å². The number of Topliss-reactive ketones (excluding diaryl/α,β-unsaturated/α-hetero) is 1. The number of aliphatic hydroxyl groups excluding tert-OH is 1. The lowest BCUT2D eigenvalue weighted by Gasteiger charge is -2.26. The standard InChI is InChI=1S/C28H29NO3S/c1-16-9-7-10-21(18(16)3)29-24(22-11-8-14-33-22)23(26(31)27(29)32)25(30)20-15-19(28(4,5)6)13-12-17(20)2/h7-15,24,30H,1-6H3/b25-23+. The minimum atomic E-state index is -0.678. The number of aliphatic hydroxyl groups is 1. The van der Waals surface area contributed by atoms with Crippen LogP contribution in [-0.2, 0) is 15.0 Å². The van der Waals surface area contributed by atoms with E-state index in [0.29, 0.717) is 11.3 Å². The van der Waals surface area contributed by atoms with E-state index in [1.54, 1.807) is 4.90 Å². The molecule has 4 rings (SSSR count). The summed E-state index contributed by atoms with van der Waals surface area (Å²) < 4.78 is 0. The Balaban J connectivity index is 1.98. The molecule has 170 valence electrons. The Bertz CT molecular complexity index is 1280. The van der Waals surface area contributed by atoms with Gasteiger partial charge in [0.1, 0.15) is 11.8 Å². The maximum atomic E-state index is 13.4. The number of ketones is 1. The number of carbonyl (C=O) groups excluding carboxylic acids is 2. The largest absolute Gasteiger partial charge is 0.507 e. The molecule has 1 aliphatic rings. The van der Waals surface area contributed by atoms with Crippen molar-refractivity contribution in [2.45, 2.75) is 53.0 Å². The maximum Gasteiger partial charge on any atom is 0.300 e. The third-order valence-corrected chi connectivity index (χ3v) is 7.38. The van der Waals surface area contributed by atoms with Crippen LogP contribution in [0.5, 0.6) is 0 Å². The van der Waals surface area contributed by atoms with Gasteiger partial charge in [0.15, 0.2) is 0 Å². The van der Waals surface area contributed by atoms with Gasteiger partial charge >= 0.3 is 0 Å². The second-order valence-electron chi connectivity index (χ2n) is 9.68. The Hall–Kier alpha value is -3.18. The van der Waals surface area contributed by atoms with E-state index in [2.05, 4.69) is 20.8 Å². The number of hydrogen-bond donors (Lipinski definition) is 1. The smallest absolute Gasteiger partial charge is 0.300 e. The van der Waals surface area contributed by atoms with Crippen molar-refractivity contribution >= 4 is 34.5 Å². The predicted molar refractivity (Wildman–Crippen MR) is 135 cm³/mol. The van der Waals surface area contributed by atoms with Gasteiger partial charge in [-0.2, -0.15) is 0 Å². The van der Waals surface area contributed by atoms with Gasteiger partial charge in [-0.05, 0) is 72.0 Å². The molecular weight excluding hydrogens is 430 g/mol. The number of rotatable bonds is 3. The molecular formula is C28H29NO3S. The normalized spacial score (nSPS) is 18.2. The summed E-state index contributed by atoms with van der Waals surface area (Å²) in [7, 11) is 0. The fourth-order valence-corrected chi connectivity index (χ4v) is 5.11. The van der Waals surface area contributed by atoms with Crippen molar-refractivity contribution in [2.75, 3.05) is 4.90 Å². The summed E-state index contributed by atoms with van der Waals surface area (Å²) in [5, 5.41) is 13.4. The Kier molecular flexibility index (Phi) is 5.79. The molecule has 1 aromatic heterocycles. The molecule has 0 spiro atoms. The Morgan fingerprint density at radius 1 is 0.970 bits per heavy atom. The first-order valence-electron chi connectivity index (χ1n) is 11.0. The highest BCUT2D eigenvalue weighted by molar-refractivity contribution is 7.10. The average Bonchev–Trinajstić information content (AvgIpc) is 3.36. The lowest BCUT2D eigenvalue weighted by atomic mass is 9.84. The van der Waals surface area contributed by atoms with E-state index in [-0.39, 0.29) is 16.7 Å². The minimum Gasteiger partial charge on any atom is -0.507 e. The van der Waals surface area contributed by atoms with Gasteiger partial charge in [-0.3, -0.25) is 14.5 Å². The van der Waals surface area contributed by atoms with E-state index in [0.717, 1.165) is 27.1 Å². The van der Waals surface area contributed by atoms with Crippen molar-refractivity contribution in [3.63, 3.8) is 0 Å². The van der Waals surface area contributed by atoms with Crippen LogP contribution in [0, 0.1) is 20.8 Å². The highest BCUT2D eigenvalue weighted by atomic mass is 32.1. The summed E-state index contributed by atoms with van der Waals surface area (Å²) in [5.74, 6) is -1.40. The minimum absolute atomic E-state index is 0.122. The molecule has 1 fully saturated rings. The van der Waals surface area contributed by atoms with Gasteiger partial charge in [-0.25, -0.2) is 0 Å². The molecule has 0 aliphatic carbocycles. The maximum absolute atomic E-state index is 13.4. The van der Waals surface area contributed by atoms with Crippen LogP contribution in [0.15, 0.2) is 59.5 Å². The molecule has 0 radical (unpaired) electrons. The van der Waals surface area contributed by atoms with E-state index in [1.807, 2.05) is 74.7 Å². The molecule has 1 atom stereocenters. The summed E-state index contributed by atoms with van der Waals surface area (Å²) in [6.07, 6.45) is 0. The molecule has 4 nitrogen and oxygen atoms in total. The number of amides is 1. The highest BCUT2D eigenvalue weighted by Crippen LogP contribution is 2.45. The molecule has 1 amide bonds. The molecule has 2 heterocycles. The van der Waals surface area contributed by atoms with Crippen LogP contribution in [0.25, 0.3) is 5.76 Å². The van der Waals surface area contributed by atoms with Crippen LogP contribution in [-0.4, -0.2) is 16.8 Å². The quantitative estimate of drug-likeness (QED) is 0.273. The summed E-state index contributed by atoms with van der Waals surface area (Å²) in [6, 6.07) is 14.8. The van der Waals surface area contributed by atoms with Crippen LogP contribution >= 0.6 is 11.3 Å². The number of hydrogen-bond acceptors (Lipinski definition) is 4.